The maximum Gasteiger partial charge on any atom is 0.244 e. The van der Waals surface area contributed by atoms with Crippen molar-refractivity contribution in [3.63, 3.8) is 0 Å². The molecule has 0 unspecified atom stereocenters. The third-order valence-corrected chi connectivity index (χ3v) is 5.29. The van der Waals surface area contributed by atoms with Crippen LogP contribution < -0.4 is 10.0 Å². The molecule has 0 spiro atoms. The zero-order valence-corrected chi connectivity index (χ0v) is 14.7. The molecule has 1 heterocycles. The van der Waals surface area contributed by atoms with Crippen molar-refractivity contribution < 1.29 is 8.42 Å². The molecule has 0 atom stereocenters. The van der Waals surface area contributed by atoms with Crippen molar-refractivity contribution in [3.8, 4) is 0 Å². The highest BCUT2D eigenvalue weighted by Gasteiger charge is 2.26. The van der Waals surface area contributed by atoms with E-state index in [1.807, 2.05) is 14.0 Å². The summed E-state index contributed by atoms with van der Waals surface area (Å²) >= 11 is 3.27. The molecule has 0 aromatic carbocycles. The van der Waals surface area contributed by atoms with Crippen LogP contribution in [0.1, 0.15) is 19.8 Å². The molecule has 0 saturated heterocycles. The molecule has 21 heavy (non-hydrogen) atoms. The Bertz CT molecular complexity index is 590. The van der Waals surface area contributed by atoms with Gasteiger partial charge in [-0.15, -0.1) is 0 Å². The lowest BCUT2D eigenvalue weighted by Crippen LogP contribution is -2.34. The molecule has 1 aromatic heterocycles. The van der Waals surface area contributed by atoms with Crippen molar-refractivity contribution in [1.29, 1.82) is 0 Å². The van der Waals surface area contributed by atoms with E-state index >= 15 is 0 Å². The van der Waals surface area contributed by atoms with Crippen LogP contribution in [0, 0.1) is 0 Å². The molecular formula is C13H21BrN4O2S. The number of anilines is 1. The molecule has 6 nitrogen and oxygen atoms in total. The molecule has 1 aromatic rings. The Labute approximate surface area is 134 Å². The molecule has 8 heteroatoms. The van der Waals surface area contributed by atoms with Gasteiger partial charge in [-0.2, -0.15) is 0 Å². The van der Waals surface area contributed by atoms with E-state index in [-0.39, 0.29) is 4.90 Å². The second-order valence-corrected chi connectivity index (χ2v) is 7.79. The summed E-state index contributed by atoms with van der Waals surface area (Å²) in [6.45, 7) is 3.62. The summed E-state index contributed by atoms with van der Waals surface area (Å²) in [6, 6.07) is 2.19. The van der Waals surface area contributed by atoms with Crippen LogP contribution in [0.25, 0.3) is 0 Å². The molecule has 0 bridgehead atoms. The first-order valence-corrected chi connectivity index (χ1v) is 9.31. The van der Waals surface area contributed by atoms with Gasteiger partial charge in [0.05, 0.1) is 0 Å². The summed E-state index contributed by atoms with van der Waals surface area (Å²) in [5, 5.41) is 2.98. The van der Waals surface area contributed by atoms with Gasteiger partial charge in [0, 0.05) is 36.3 Å². The van der Waals surface area contributed by atoms with Gasteiger partial charge in [0.1, 0.15) is 10.7 Å². The maximum atomic E-state index is 12.4. The van der Waals surface area contributed by atoms with Gasteiger partial charge < -0.3 is 10.2 Å². The number of hydrogen-bond acceptors (Lipinski definition) is 5. The van der Waals surface area contributed by atoms with Crippen molar-refractivity contribution in [2.75, 3.05) is 32.0 Å². The first kappa shape index (κ1) is 16.7. The average Bonchev–Trinajstić information content (AvgIpc) is 3.25. The van der Waals surface area contributed by atoms with Crippen molar-refractivity contribution in [3.05, 3.63) is 16.7 Å². The molecule has 0 amide bonds. The average molecular weight is 377 g/mol. The molecule has 118 valence electrons. The quantitative estimate of drug-likeness (QED) is 0.721. The van der Waals surface area contributed by atoms with Crippen molar-refractivity contribution in [2.45, 2.75) is 30.7 Å². The third-order valence-electron chi connectivity index (χ3n) is 3.38. The molecule has 1 aliphatic carbocycles. The topological polar surface area (TPSA) is 74.3 Å². The van der Waals surface area contributed by atoms with Crippen LogP contribution in [0.3, 0.4) is 0 Å². The van der Waals surface area contributed by atoms with Crippen LogP contribution in [0.2, 0.25) is 0 Å². The van der Waals surface area contributed by atoms with Crippen LogP contribution in [-0.2, 0) is 10.0 Å². The highest BCUT2D eigenvalue weighted by molar-refractivity contribution is 9.10. The van der Waals surface area contributed by atoms with E-state index in [9.17, 15) is 8.42 Å². The van der Waals surface area contributed by atoms with E-state index in [1.165, 1.54) is 12.8 Å². The Kier molecular flexibility index (Phi) is 5.59. The minimum atomic E-state index is -3.57. The first-order chi connectivity index (χ1) is 9.94. The number of nitrogens with zero attached hydrogens (tertiary/aromatic N) is 2. The van der Waals surface area contributed by atoms with Gasteiger partial charge in [-0.25, -0.2) is 18.1 Å². The summed E-state index contributed by atoms with van der Waals surface area (Å²) in [4.78, 5) is 6.49. The Morgan fingerprint density at radius 3 is 2.81 bits per heavy atom. The van der Waals surface area contributed by atoms with Gasteiger partial charge >= 0.3 is 0 Å². The summed E-state index contributed by atoms with van der Waals surface area (Å²) < 4.78 is 28.1. The van der Waals surface area contributed by atoms with Crippen molar-refractivity contribution in [2.24, 2.45) is 0 Å². The predicted octanol–water partition coefficient (Wildman–Crippen LogP) is 1.65. The van der Waals surface area contributed by atoms with Gasteiger partial charge in [-0.1, -0.05) is 0 Å². The van der Waals surface area contributed by atoms with E-state index in [2.05, 4.69) is 35.9 Å². The van der Waals surface area contributed by atoms with E-state index in [0.717, 1.165) is 0 Å². The second kappa shape index (κ2) is 7.04. The van der Waals surface area contributed by atoms with Crippen LogP contribution in [-0.4, -0.2) is 51.0 Å². The summed E-state index contributed by atoms with van der Waals surface area (Å²) in [6.07, 6.45) is 4.00. The predicted molar refractivity (Wildman–Crippen MR) is 86.9 cm³/mol. The number of sulfonamides is 1. The smallest absolute Gasteiger partial charge is 0.244 e. The van der Waals surface area contributed by atoms with Crippen LogP contribution >= 0.6 is 15.9 Å². The van der Waals surface area contributed by atoms with Gasteiger partial charge in [0.2, 0.25) is 10.0 Å². The first-order valence-electron chi connectivity index (χ1n) is 7.03. The molecular weight excluding hydrogens is 356 g/mol. The van der Waals surface area contributed by atoms with E-state index in [4.69, 9.17) is 0 Å². The number of pyridine rings is 1. The van der Waals surface area contributed by atoms with E-state index < -0.39 is 10.0 Å². The Morgan fingerprint density at radius 1 is 1.48 bits per heavy atom. The number of likely N-dealkylation sites (N-methyl/N-ethyl adjacent to an activating group) is 1. The minimum absolute atomic E-state index is 0.174. The lowest BCUT2D eigenvalue weighted by Gasteiger charge is -2.16. The standard InChI is InChI=1S/C13H21BrN4O2S/c1-3-15-13-12(8-10(14)9-16-13)21(19,20)17-6-7-18(2)11-4-5-11/h8-9,11,17H,3-7H2,1-2H3,(H,15,16). The number of rotatable bonds is 8. The summed E-state index contributed by atoms with van der Waals surface area (Å²) in [5.41, 5.74) is 0. The Morgan fingerprint density at radius 2 is 2.19 bits per heavy atom. The summed E-state index contributed by atoms with van der Waals surface area (Å²) in [5.74, 6) is 0.378. The van der Waals surface area contributed by atoms with Crippen LogP contribution in [0.4, 0.5) is 5.82 Å². The largest absolute Gasteiger partial charge is 0.369 e. The van der Waals surface area contributed by atoms with Gasteiger partial charge in [-0.05, 0) is 48.8 Å². The molecule has 2 N–H and O–H groups in total. The minimum Gasteiger partial charge on any atom is -0.369 e. The highest BCUT2D eigenvalue weighted by atomic mass is 79.9. The second-order valence-electron chi connectivity index (χ2n) is 5.14. The van der Waals surface area contributed by atoms with E-state index in [1.54, 1.807) is 12.3 Å². The highest BCUT2D eigenvalue weighted by Crippen LogP contribution is 2.25. The SMILES string of the molecule is CCNc1ncc(Br)cc1S(=O)(=O)NCCN(C)C1CC1. The van der Waals surface area contributed by atoms with Gasteiger partial charge in [0.15, 0.2) is 0 Å². The fourth-order valence-electron chi connectivity index (χ4n) is 2.06. The van der Waals surface area contributed by atoms with Crippen LogP contribution in [0.5, 0.6) is 0 Å². The fourth-order valence-corrected chi connectivity index (χ4v) is 3.72. The molecule has 2 rings (SSSR count). The number of aromatic nitrogens is 1. The molecule has 1 aliphatic rings. The normalized spacial score (nSPS) is 15.4. The molecule has 1 saturated carbocycles. The lowest BCUT2D eigenvalue weighted by atomic mass is 10.4. The van der Waals surface area contributed by atoms with Crippen molar-refractivity contribution in [1.82, 2.24) is 14.6 Å². The monoisotopic (exact) mass is 376 g/mol. The van der Waals surface area contributed by atoms with Gasteiger partial charge in [-0.3, -0.25) is 0 Å². The van der Waals surface area contributed by atoms with Crippen LogP contribution in [0.15, 0.2) is 21.6 Å². The summed E-state index contributed by atoms with van der Waals surface area (Å²) in [7, 11) is -1.54. The Hall–Kier alpha value is -0.700. The molecule has 0 aliphatic heterocycles. The molecule has 1 fully saturated rings. The lowest BCUT2D eigenvalue weighted by molar-refractivity contribution is 0.329. The molecule has 0 radical (unpaired) electrons. The zero-order valence-electron chi connectivity index (χ0n) is 12.3. The number of halogens is 1. The maximum absolute atomic E-state index is 12.4. The Balaban J connectivity index is 2.05. The number of hydrogen-bond donors (Lipinski definition) is 2. The number of nitrogens with one attached hydrogen (secondary N) is 2. The third kappa shape index (κ3) is 4.64. The zero-order chi connectivity index (χ0) is 15.5. The van der Waals surface area contributed by atoms with Crippen molar-refractivity contribution >= 4 is 31.8 Å². The fraction of sp³-hybridized carbons (Fsp3) is 0.615. The van der Waals surface area contributed by atoms with Gasteiger partial charge in [0.25, 0.3) is 0 Å². The van der Waals surface area contributed by atoms with E-state index in [0.29, 0.717) is 36.0 Å².